The van der Waals surface area contributed by atoms with E-state index in [-0.39, 0.29) is 23.1 Å². The van der Waals surface area contributed by atoms with E-state index in [1.54, 1.807) is 17.5 Å². The molecule has 0 atom stereocenters. The molecule has 0 aliphatic rings. The van der Waals surface area contributed by atoms with Gasteiger partial charge in [0.2, 0.25) is 5.91 Å². The van der Waals surface area contributed by atoms with Crippen molar-refractivity contribution in [3.63, 3.8) is 0 Å². The molecule has 0 aliphatic carbocycles. The molecular formula is C18H14F2N4O3S. The molecule has 1 N–H and O–H groups in total. The maximum absolute atomic E-state index is 14.1. The van der Waals surface area contributed by atoms with Crippen molar-refractivity contribution in [2.75, 3.05) is 10.2 Å². The molecule has 28 heavy (non-hydrogen) atoms. The van der Waals surface area contributed by atoms with Gasteiger partial charge in [0, 0.05) is 36.2 Å². The van der Waals surface area contributed by atoms with Crippen LogP contribution in [-0.4, -0.2) is 15.8 Å². The fraction of sp³-hybridized carbons (Fsp3) is 0.111. The zero-order chi connectivity index (χ0) is 20.3. The molecule has 144 valence electrons. The summed E-state index contributed by atoms with van der Waals surface area (Å²) in [5.41, 5.74) is 0.956. The first-order valence-electron chi connectivity index (χ1n) is 8.03. The van der Waals surface area contributed by atoms with Crippen LogP contribution in [0, 0.1) is 21.7 Å². The molecule has 0 aliphatic heterocycles. The van der Waals surface area contributed by atoms with Crippen LogP contribution in [0.1, 0.15) is 12.6 Å². The number of hydrogen-bond acceptors (Lipinski definition) is 6. The van der Waals surface area contributed by atoms with Crippen LogP contribution in [0.5, 0.6) is 0 Å². The Balaban J connectivity index is 1.79. The summed E-state index contributed by atoms with van der Waals surface area (Å²) in [5.74, 6) is -2.09. The highest BCUT2D eigenvalue weighted by Crippen LogP contribution is 2.31. The molecule has 1 amide bonds. The van der Waals surface area contributed by atoms with Gasteiger partial charge in [-0.05, 0) is 18.2 Å². The van der Waals surface area contributed by atoms with Crippen molar-refractivity contribution in [2.24, 2.45) is 0 Å². The molecule has 0 saturated carbocycles. The minimum atomic E-state index is -0.873. The Hall–Kier alpha value is -3.40. The van der Waals surface area contributed by atoms with E-state index in [9.17, 15) is 23.7 Å². The molecule has 1 aromatic heterocycles. The summed E-state index contributed by atoms with van der Waals surface area (Å²) in [5, 5.41) is 15.7. The number of nitro benzene ring substituents is 1. The minimum absolute atomic E-state index is 0.0430. The Morgan fingerprint density at radius 1 is 1.29 bits per heavy atom. The summed E-state index contributed by atoms with van der Waals surface area (Å²) in [4.78, 5) is 27.7. The molecule has 0 radical (unpaired) electrons. The molecule has 7 nitrogen and oxygen atoms in total. The Morgan fingerprint density at radius 2 is 2.07 bits per heavy atom. The summed E-state index contributed by atoms with van der Waals surface area (Å²) in [6.07, 6.45) is 0. The van der Waals surface area contributed by atoms with Gasteiger partial charge in [0.15, 0.2) is 5.13 Å². The molecule has 1 heterocycles. The van der Waals surface area contributed by atoms with Gasteiger partial charge in [0.05, 0.1) is 22.8 Å². The number of hydrogen-bond donors (Lipinski definition) is 1. The first-order valence-corrected chi connectivity index (χ1v) is 8.91. The third-order valence-corrected chi connectivity index (χ3v) is 4.60. The highest BCUT2D eigenvalue weighted by molar-refractivity contribution is 7.14. The summed E-state index contributed by atoms with van der Waals surface area (Å²) in [7, 11) is 0. The number of carbonyl (C=O) groups excluding carboxylic acids is 1. The van der Waals surface area contributed by atoms with Crippen LogP contribution in [0.25, 0.3) is 0 Å². The number of anilines is 3. The van der Waals surface area contributed by atoms with E-state index >= 15 is 0 Å². The highest BCUT2D eigenvalue weighted by atomic mass is 32.1. The van der Waals surface area contributed by atoms with E-state index in [0.717, 1.165) is 22.3 Å². The smallest absolute Gasteiger partial charge is 0.271 e. The Labute approximate surface area is 162 Å². The van der Waals surface area contributed by atoms with Gasteiger partial charge < -0.3 is 5.32 Å². The molecule has 0 fully saturated rings. The third kappa shape index (κ3) is 4.29. The summed E-state index contributed by atoms with van der Waals surface area (Å²) >= 11 is 1.12. The highest BCUT2D eigenvalue weighted by Gasteiger charge is 2.21. The fourth-order valence-electron chi connectivity index (χ4n) is 2.47. The van der Waals surface area contributed by atoms with Crippen molar-refractivity contribution in [3.05, 3.63) is 75.3 Å². The van der Waals surface area contributed by atoms with Gasteiger partial charge in [0.25, 0.3) is 5.69 Å². The van der Waals surface area contributed by atoms with E-state index in [1.807, 2.05) is 0 Å². The third-order valence-electron chi connectivity index (χ3n) is 3.73. The average Bonchev–Trinajstić information content (AvgIpc) is 3.10. The first-order chi connectivity index (χ1) is 13.3. The fourth-order valence-corrected chi connectivity index (χ4v) is 3.35. The molecular weight excluding hydrogens is 390 g/mol. The maximum Gasteiger partial charge on any atom is 0.271 e. The quantitative estimate of drug-likeness (QED) is 0.478. The predicted molar refractivity (Wildman–Crippen MR) is 102 cm³/mol. The zero-order valence-corrected chi connectivity index (χ0v) is 15.4. The SMILES string of the molecule is CC(=O)N(c1nc(CNc2cccc([N+](=O)[O-])c2)cs1)c1ccc(F)cc1F. The van der Waals surface area contributed by atoms with Crippen molar-refractivity contribution in [2.45, 2.75) is 13.5 Å². The van der Waals surface area contributed by atoms with E-state index in [4.69, 9.17) is 0 Å². The zero-order valence-electron chi connectivity index (χ0n) is 14.6. The van der Waals surface area contributed by atoms with Crippen LogP contribution in [0.4, 0.5) is 31.0 Å². The van der Waals surface area contributed by atoms with Crippen molar-refractivity contribution in [1.82, 2.24) is 4.98 Å². The second kappa shape index (κ2) is 8.09. The number of thiazole rings is 1. The number of carbonyl (C=O) groups is 1. The number of nitro groups is 1. The molecule has 10 heteroatoms. The van der Waals surface area contributed by atoms with Crippen LogP contribution in [-0.2, 0) is 11.3 Å². The predicted octanol–water partition coefficient (Wildman–Crippen LogP) is 4.63. The van der Waals surface area contributed by atoms with Gasteiger partial charge >= 0.3 is 0 Å². The van der Waals surface area contributed by atoms with Gasteiger partial charge in [-0.2, -0.15) is 0 Å². The van der Waals surface area contributed by atoms with Crippen molar-refractivity contribution in [1.29, 1.82) is 0 Å². The topological polar surface area (TPSA) is 88.4 Å². The lowest BCUT2D eigenvalue weighted by Gasteiger charge is -2.18. The van der Waals surface area contributed by atoms with Gasteiger partial charge in [-0.3, -0.25) is 19.8 Å². The summed E-state index contributed by atoms with van der Waals surface area (Å²) in [6, 6.07) is 8.94. The van der Waals surface area contributed by atoms with E-state index in [2.05, 4.69) is 10.3 Å². The number of aromatic nitrogens is 1. The Morgan fingerprint density at radius 3 is 2.75 bits per heavy atom. The minimum Gasteiger partial charge on any atom is -0.379 e. The Bertz CT molecular complexity index is 1040. The normalized spacial score (nSPS) is 10.5. The molecule has 3 aromatic rings. The summed E-state index contributed by atoms with van der Waals surface area (Å²) < 4.78 is 27.3. The van der Waals surface area contributed by atoms with Crippen molar-refractivity contribution in [3.8, 4) is 0 Å². The summed E-state index contributed by atoms with van der Waals surface area (Å²) in [6.45, 7) is 1.50. The molecule has 2 aromatic carbocycles. The number of amides is 1. The second-order valence-electron chi connectivity index (χ2n) is 5.73. The van der Waals surface area contributed by atoms with Crippen LogP contribution < -0.4 is 10.2 Å². The van der Waals surface area contributed by atoms with E-state index in [0.29, 0.717) is 17.4 Å². The largest absolute Gasteiger partial charge is 0.379 e. The number of halogens is 2. The lowest BCUT2D eigenvalue weighted by atomic mass is 10.2. The standard InChI is InChI=1S/C18H14F2N4O3S/c1-11(25)23(17-6-5-12(19)7-16(17)20)18-22-14(10-28-18)9-21-13-3-2-4-15(8-13)24(26)27/h2-8,10,21H,9H2,1H3. The van der Waals surface area contributed by atoms with Gasteiger partial charge in [-0.15, -0.1) is 11.3 Å². The Kier molecular flexibility index (Phi) is 5.59. The average molecular weight is 404 g/mol. The lowest BCUT2D eigenvalue weighted by molar-refractivity contribution is -0.384. The van der Waals surface area contributed by atoms with Gasteiger partial charge in [0.1, 0.15) is 11.6 Å². The molecule has 0 bridgehead atoms. The molecule has 0 saturated heterocycles. The maximum atomic E-state index is 14.1. The molecule has 0 spiro atoms. The number of non-ortho nitro benzene ring substituents is 1. The number of benzene rings is 2. The van der Waals surface area contributed by atoms with Crippen LogP contribution >= 0.6 is 11.3 Å². The lowest BCUT2D eigenvalue weighted by Crippen LogP contribution is -2.23. The van der Waals surface area contributed by atoms with Crippen molar-refractivity contribution >= 4 is 39.4 Å². The second-order valence-corrected chi connectivity index (χ2v) is 6.57. The first kappa shape index (κ1) is 19.4. The van der Waals surface area contributed by atoms with Gasteiger partial charge in [-0.1, -0.05) is 6.07 Å². The number of rotatable bonds is 6. The van der Waals surface area contributed by atoms with E-state index in [1.165, 1.54) is 25.1 Å². The number of nitrogens with one attached hydrogen (secondary N) is 1. The molecule has 0 unspecified atom stereocenters. The van der Waals surface area contributed by atoms with Crippen LogP contribution in [0.15, 0.2) is 47.8 Å². The van der Waals surface area contributed by atoms with Gasteiger partial charge in [-0.25, -0.2) is 13.8 Å². The van der Waals surface area contributed by atoms with Crippen molar-refractivity contribution < 1.29 is 18.5 Å². The van der Waals surface area contributed by atoms with Crippen LogP contribution in [0.2, 0.25) is 0 Å². The monoisotopic (exact) mass is 404 g/mol. The molecule has 3 rings (SSSR count). The van der Waals surface area contributed by atoms with Crippen LogP contribution in [0.3, 0.4) is 0 Å². The number of nitrogens with zero attached hydrogens (tertiary/aromatic N) is 3. The van der Waals surface area contributed by atoms with E-state index < -0.39 is 22.5 Å².